The lowest BCUT2D eigenvalue weighted by atomic mass is 10.0. The number of hydrogen-bond acceptors (Lipinski definition) is 4. The maximum absolute atomic E-state index is 13.0. The quantitative estimate of drug-likeness (QED) is 0.862. The molecule has 2 aromatic carbocycles. The van der Waals surface area contributed by atoms with Gasteiger partial charge in [-0.15, -0.1) is 0 Å². The third-order valence-corrected chi connectivity index (χ3v) is 6.19. The summed E-state index contributed by atoms with van der Waals surface area (Å²) >= 11 is 0. The number of anilines is 1. The zero-order chi connectivity index (χ0) is 19.7. The van der Waals surface area contributed by atoms with E-state index in [9.17, 15) is 4.79 Å². The fourth-order valence-electron chi connectivity index (χ4n) is 4.20. The monoisotopic (exact) mass is 378 g/mol. The van der Waals surface area contributed by atoms with Crippen molar-refractivity contribution in [2.75, 3.05) is 31.1 Å². The normalized spacial score (nSPS) is 22.5. The molecule has 2 aliphatic rings. The molecule has 5 nitrogen and oxygen atoms in total. The van der Waals surface area contributed by atoms with Crippen LogP contribution >= 0.6 is 0 Å². The van der Waals surface area contributed by atoms with Gasteiger partial charge < -0.3 is 9.80 Å². The van der Waals surface area contributed by atoms with Gasteiger partial charge in [0.25, 0.3) is 0 Å². The Morgan fingerprint density at radius 2 is 1.64 bits per heavy atom. The fourth-order valence-corrected chi connectivity index (χ4v) is 4.20. The summed E-state index contributed by atoms with van der Waals surface area (Å²) in [5, 5.41) is 0. The number of hydrazine groups is 1. The molecule has 2 fully saturated rings. The van der Waals surface area contributed by atoms with E-state index in [0.717, 1.165) is 32.6 Å². The molecule has 0 spiro atoms. The number of amides is 1. The van der Waals surface area contributed by atoms with E-state index < -0.39 is 0 Å². The van der Waals surface area contributed by atoms with E-state index in [1.54, 1.807) is 0 Å². The standard InChI is InChI=1S/C23H30N4O/c1-16-7-9-19(10-8-16)20-15-21(25-24-20)23(28)27-13-11-26(12-14-27)22-6-4-5-17(2)18(22)3/h4-10,20-21,24-25H,11-15H2,1-3H3. The van der Waals surface area contributed by atoms with Gasteiger partial charge in [0.1, 0.15) is 6.04 Å². The van der Waals surface area contributed by atoms with Crippen LogP contribution < -0.4 is 15.8 Å². The molecular weight excluding hydrogens is 348 g/mol. The molecule has 5 heteroatoms. The minimum Gasteiger partial charge on any atom is -0.368 e. The topological polar surface area (TPSA) is 47.6 Å². The first-order valence-electron chi connectivity index (χ1n) is 10.2. The summed E-state index contributed by atoms with van der Waals surface area (Å²) in [6, 6.07) is 15.0. The van der Waals surface area contributed by atoms with Crippen molar-refractivity contribution in [1.29, 1.82) is 0 Å². The van der Waals surface area contributed by atoms with Crippen LogP contribution in [0.25, 0.3) is 0 Å². The molecule has 28 heavy (non-hydrogen) atoms. The maximum Gasteiger partial charge on any atom is 0.241 e. The summed E-state index contributed by atoms with van der Waals surface area (Å²) in [5.74, 6) is 0.211. The Kier molecular flexibility index (Phi) is 5.38. The van der Waals surface area contributed by atoms with Gasteiger partial charge in [0.2, 0.25) is 5.91 Å². The number of hydrogen-bond donors (Lipinski definition) is 2. The lowest BCUT2D eigenvalue weighted by Crippen LogP contribution is -2.53. The highest BCUT2D eigenvalue weighted by Gasteiger charge is 2.34. The highest BCUT2D eigenvalue weighted by Crippen LogP contribution is 2.26. The molecule has 2 aromatic rings. The Hall–Kier alpha value is -2.37. The molecular formula is C23H30N4O. The van der Waals surface area contributed by atoms with Crippen molar-refractivity contribution in [3.05, 3.63) is 64.7 Å². The predicted molar refractivity (Wildman–Crippen MR) is 113 cm³/mol. The summed E-state index contributed by atoms with van der Waals surface area (Å²) in [6.07, 6.45) is 0.791. The largest absolute Gasteiger partial charge is 0.368 e. The molecule has 4 rings (SSSR count). The number of nitrogens with one attached hydrogen (secondary N) is 2. The molecule has 0 aromatic heterocycles. The Bertz CT molecular complexity index is 840. The van der Waals surface area contributed by atoms with Crippen LogP contribution in [0, 0.1) is 20.8 Å². The molecule has 2 heterocycles. The van der Waals surface area contributed by atoms with E-state index in [4.69, 9.17) is 0 Å². The van der Waals surface area contributed by atoms with Crippen molar-refractivity contribution < 1.29 is 4.79 Å². The Morgan fingerprint density at radius 3 is 2.36 bits per heavy atom. The van der Waals surface area contributed by atoms with Gasteiger partial charge in [-0.3, -0.25) is 4.79 Å². The first-order chi connectivity index (χ1) is 13.5. The molecule has 0 bridgehead atoms. The second-order valence-corrected chi connectivity index (χ2v) is 8.07. The number of aryl methyl sites for hydroxylation is 2. The Labute approximate surface area is 167 Å². The molecule has 148 valence electrons. The van der Waals surface area contributed by atoms with Gasteiger partial charge in [-0.05, 0) is 49.9 Å². The van der Waals surface area contributed by atoms with E-state index in [-0.39, 0.29) is 18.0 Å². The van der Waals surface area contributed by atoms with Crippen LogP contribution in [-0.2, 0) is 4.79 Å². The van der Waals surface area contributed by atoms with Gasteiger partial charge >= 0.3 is 0 Å². The van der Waals surface area contributed by atoms with Crippen LogP contribution in [0.1, 0.15) is 34.7 Å². The third-order valence-electron chi connectivity index (χ3n) is 6.19. The van der Waals surface area contributed by atoms with Gasteiger partial charge in [0.15, 0.2) is 0 Å². The summed E-state index contributed by atoms with van der Waals surface area (Å²) in [6.45, 7) is 9.76. The molecule has 2 unspecified atom stereocenters. The van der Waals surface area contributed by atoms with Gasteiger partial charge in [-0.25, -0.2) is 10.9 Å². The van der Waals surface area contributed by atoms with Gasteiger partial charge in [0.05, 0.1) is 0 Å². The van der Waals surface area contributed by atoms with E-state index >= 15 is 0 Å². The fraction of sp³-hybridized carbons (Fsp3) is 0.435. The average molecular weight is 379 g/mol. The highest BCUT2D eigenvalue weighted by atomic mass is 16.2. The third kappa shape index (κ3) is 3.77. The maximum atomic E-state index is 13.0. The van der Waals surface area contributed by atoms with E-state index in [1.165, 1.54) is 27.9 Å². The zero-order valence-corrected chi connectivity index (χ0v) is 17.0. The van der Waals surface area contributed by atoms with Crippen LogP contribution in [0.15, 0.2) is 42.5 Å². The van der Waals surface area contributed by atoms with Crippen molar-refractivity contribution in [3.8, 4) is 0 Å². The number of rotatable bonds is 3. The second kappa shape index (κ2) is 7.94. The predicted octanol–water partition coefficient (Wildman–Crippen LogP) is 2.87. The summed E-state index contributed by atoms with van der Waals surface area (Å²) < 4.78 is 0. The van der Waals surface area contributed by atoms with E-state index in [1.807, 2.05) is 4.90 Å². The van der Waals surface area contributed by atoms with Gasteiger partial charge in [-0.2, -0.15) is 0 Å². The molecule has 0 saturated carbocycles. The van der Waals surface area contributed by atoms with Crippen LogP contribution in [-0.4, -0.2) is 43.0 Å². The van der Waals surface area contributed by atoms with Crippen LogP contribution in [0.5, 0.6) is 0 Å². The molecule has 2 N–H and O–H groups in total. The minimum atomic E-state index is -0.154. The Balaban J connectivity index is 1.34. The van der Waals surface area contributed by atoms with E-state index in [0.29, 0.717) is 0 Å². The van der Waals surface area contributed by atoms with E-state index in [2.05, 4.69) is 79.0 Å². The molecule has 0 radical (unpaired) electrons. The SMILES string of the molecule is Cc1ccc(C2CC(C(=O)N3CCN(c4cccc(C)c4C)CC3)NN2)cc1. The minimum absolute atomic E-state index is 0.154. The second-order valence-electron chi connectivity index (χ2n) is 8.07. The number of nitrogens with zero attached hydrogens (tertiary/aromatic N) is 2. The first kappa shape index (κ1) is 19.0. The molecule has 0 aliphatic carbocycles. The molecule has 2 aliphatic heterocycles. The molecule has 2 saturated heterocycles. The lowest BCUT2D eigenvalue weighted by molar-refractivity contribution is -0.133. The number of carbonyl (C=O) groups is 1. The highest BCUT2D eigenvalue weighted by molar-refractivity contribution is 5.82. The van der Waals surface area contributed by atoms with Gasteiger partial charge in [0, 0.05) is 37.9 Å². The summed E-state index contributed by atoms with van der Waals surface area (Å²) in [7, 11) is 0. The number of benzene rings is 2. The van der Waals surface area contributed by atoms with Crippen LogP contribution in [0.3, 0.4) is 0 Å². The Morgan fingerprint density at radius 1 is 0.929 bits per heavy atom. The molecule has 2 atom stereocenters. The number of carbonyl (C=O) groups excluding carboxylic acids is 1. The van der Waals surface area contributed by atoms with Crippen molar-refractivity contribution in [2.24, 2.45) is 0 Å². The summed E-state index contributed by atoms with van der Waals surface area (Å²) in [5.41, 5.74) is 13.0. The van der Waals surface area contributed by atoms with Crippen molar-refractivity contribution in [2.45, 2.75) is 39.3 Å². The first-order valence-corrected chi connectivity index (χ1v) is 10.2. The van der Waals surface area contributed by atoms with Crippen molar-refractivity contribution >= 4 is 11.6 Å². The van der Waals surface area contributed by atoms with Crippen LogP contribution in [0.2, 0.25) is 0 Å². The summed E-state index contributed by atoms with van der Waals surface area (Å²) in [4.78, 5) is 17.4. The average Bonchev–Trinajstić information content (AvgIpc) is 3.20. The van der Waals surface area contributed by atoms with Crippen molar-refractivity contribution in [3.63, 3.8) is 0 Å². The van der Waals surface area contributed by atoms with Gasteiger partial charge in [-0.1, -0.05) is 42.0 Å². The zero-order valence-electron chi connectivity index (χ0n) is 17.0. The smallest absolute Gasteiger partial charge is 0.241 e. The van der Waals surface area contributed by atoms with Crippen LogP contribution in [0.4, 0.5) is 5.69 Å². The molecule has 1 amide bonds. The van der Waals surface area contributed by atoms with Crippen molar-refractivity contribution in [1.82, 2.24) is 15.8 Å². The number of piperazine rings is 1. The lowest BCUT2D eigenvalue weighted by Gasteiger charge is -2.38.